The summed E-state index contributed by atoms with van der Waals surface area (Å²) in [6.07, 6.45) is 3.94. The van der Waals surface area contributed by atoms with Crippen molar-refractivity contribution < 1.29 is 0 Å². The van der Waals surface area contributed by atoms with Gasteiger partial charge >= 0.3 is 0 Å². The predicted molar refractivity (Wildman–Crippen MR) is 77.7 cm³/mol. The molecule has 1 heterocycles. The zero-order valence-corrected chi connectivity index (χ0v) is 11.7. The Morgan fingerprint density at radius 1 is 1.37 bits per heavy atom. The average Bonchev–Trinajstić information content (AvgIpc) is 2.46. The smallest absolute Gasteiger partial charge is 0.0991 e. The summed E-state index contributed by atoms with van der Waals surface area (Å²) in [4.78, 5) is 2.41. The van der Waals surface area contributed by atoms with E-state index in [1.807, 2.05) is 18.2 Å². The van der Waals surface area contributed by atoms with Crippen molar-refractivity contribution in [2.75, 3.05) is 26.7 Å². The van der Waals surface area contributed by atoms with Crippen LogP contribution in [-0.2, 0) is 6.54 Å². The first-order valence-corrected chi connectivity index (χ1v) is 7.16. The molecule has 1 aromatic rings. The lowest BCUT2D eigenvalue weighted by molar-refractivity contribution is 0.211. The summed E-state index contributed by atoms with van der Waals surface area (Å²) < 4.78 is 0. The fourth-order valence-corrected chi connectivity index (χ4v) is 2.64. The number of hydrogen-bond donors (Lipinski definition) is 1. The summed E-state index contributed by atoms with van der Waals surface area (Å²) in [5, 5.41) is 12.3. The van der Waals surface area contributed by atoms with Crippen LogP contribution in [0.2, 0.25) is 0 Å². The number of benzene rings is 1. The van der Waals surface area contributed by atoms with Gasteiger partial charge in [-0.05, 0) is 69.6 Å². The Hall–Kier alpha value is -1.37. The van der Waals surface area contributed by atoms with Crippen LogP contribution in [0, 0.1) is 17.2 Å². The average molecular weight is 257 g/mol. The molecule has 2 rings (SSSR count). The van der Waals surface area contributed by atoms with Gasteiger partial charge in [0.2, 0.25) is 0 Å². The molecular formula is C16H23N3. The van der Waals surface area contributed by atoms with Crippen LogP contribution in [0.3, 0.4) is 0 Å². The van der Waals surface area contributed by atoms with Crippen molar-refractivity contribution in [3.63, 3.8) is 0 Å². The van der Waals surface area contributed by atoms with E-state index in [2.05, 4.69) is 29.4 Å². The summed E-state index contributed by atoms with van der Waals surface area (Å²) in [5.74, 6) is 0.883. The molecule has 1 N–H and O–H groups in total. The number of likely N-dealkylation sites (tertiary alicyclic amines) is 1. The molecule has 0 amide bonds. The first kappa shape index (κ1) is 14.0. The largest absolute Gasteiger partial charge is 0.313 e. The van der Waals surface area contributed by atoms with Crippen LogP contribution in [-0.4, -0.2) is 31.6 Å². The van der Waals surface area contributed by atoms with Gasteiger partial charge < -0.3 is 10.2 Å². The van der Waals surface area contributed by atoms with Crippen LogP contribution in [0.1, 0.15) is 30.4 Å². The second kappa shape index (κ2) is 7.28. The normalized spacial score (nSPS) is 17.3. The van der Waals surface area contributed by atoms with E-state index in [4.69, 9.17) is 5.26 Å². The lowest BCUT2D eigenvalue weighted by atomic mass is 9.94. The van der Waals surface area contributed by atoms with Gasteiger partial charge in [-0.2, -0.15) is 5.26 Å². The van der Waals surface area contributed by atoms with Crippen LogP contribution < -0.4 is 5.32 Å². The van der Waals surface area contributed by atoms with E-state index < -0.39 is 0 Å². The SMILES string of the molecule is CN1CCC(CCNCc2cccc(C#N)c2)CC1. The Labute approximate surface area is 116 Å². The lowest BCUT2D eigenvalue weighted by Crippen LogP contribution is -2.31. The molecule has 0 radical (unpaired) electrons. The minimum atomic E-state index is 0.745. The van der Waals surface area contributed by atoms with Gasteiger partial charge in [0, 0.05) is 6.54 Å². The van der Waals surface area contributed by atoms with E-state index >= 15 is 0 Å². The molecule has 1 aliphatic rings. The van der Waals surface area contributed by atoms with Gasteiger partial charge in [-0.1, -0.05) is 12.1 Å². The zero-order valence-electron chi connectivity index (χ0n) is 11.7. The van der Waals surface area contributed by atoms with Crippen molar-refractivity contribution in [2.45, 2.75) is 25.8 Å². The fraction of sp³-hybridized carbons (Fsp3) is 0.562. The maximum absolute atomic E-state index is 8.85. The van der Waals surface area contributed by atoms with Crippen molar-refractivity contribution >= 4 is 0 Å². The molecule has 1 saturated heterocycles. The van der Waals surface area contributed by atoms with Gasteiger partial charge in [-0.3, -0.25) is 0 Å². The quantitative estimate of drug-likeness (QED) is 0.823. The number of rotatable bonds is 5. The van der Waals surface area contributed by atoms with Crippen molar-refractivity contribution in [3.8, 4) is 6.07 Å². The molecular weight excluding hydrogens is 234 g/mol. The second-order valence-corrected chi connectivity index (χ2v) is 5.52. The number of hydrogen-bond acceptors (Lipinski definition) is 3. The Bertz CT molecular complexity index is 428. The Morgan fingerprint density at radius 2 is 2.16 bits per heavy atom. The summed E-state index contributed by atoms with van der Waals surface area (Å²) >= 11 is 0. The Morgan fingerprint density at radius 3 is 2.89 bits per heavy atom. The van der Waals surface area contributed by atoms with Crippen molar-refractivity contribution in [2.24, 2.45) is 5.92 Å². The molecule has 19 heavy (non-hydrogen) atoms. The third-order valence-electron chi connectivity index (χ3n) is 3.95. The molecule has 1 fully saturated rings. The Kier molecular flexibility index (Phi) is 5.38. The maximum atomic E-state index is 8.85. The molecule has 0 atom stereocenters. The first-order valence-electron chi connectivity index (χ1n) is 7.16. The molecule has 0 aliphatic carbocycles. The van der Waals surface area contributed by atoms with E-state index in [-0.39, 0.29) is 0 Å². The van der Waals surface area contributed by atoms with Crippen LogP contribution in [0.15, 0.2) is 24.3 Å². The van der Waals surface area contributed by atoms with Crippen LogP contribution >= 0.6 is 0 Å². The first-order chi connectivity index (χ1) is 9.28. The molecule has 3 heteroatoms. The van der Waals surface area contributed by atoms with Gasteiger partial charge in [-0.15, -0.1) is 0 Å². The van der Waals surface area contributed by atoms with Gasteiger partial charge in [0.05, 0.1) is 11.6 Å². The standard InChI is InChI=1S/C16H23N3/c1-19-9-6-14(7-10-19)5-8-18-13-16-4-2-3-15(11-16)12-17/h2-4,11,14,18H,5-10,13H2,1H3. The second-order valence-electron chi connectivity index (χ2n) is 5.52. The number of piperidine rings is 1. The highest BCUT2D eigenvalue weighted by Gasteiger charge is 2.15. The van der Waals surface area contributed by atoms with E-state index in [1.165, 1.54) is 37.9 Å². The highest BCUT2D eigenvalue weighted by atomic mass is 15.1. The number of nitriles is 1. The predicted octanol–water partition coefficient (Wildman–Crippen LogP) is 2.38. The molecule has 102 valence electrons. The lowest BCUT2D eigenvalue weighted by Gasteiger charge is -2.28. The topological polar surface area (TPSA) is 39.1 Å². The maximum Gasteiger partial charge on any atom is 0.0991 e. The van der Waals surface area contributed by atoms with E-state index in [9.17, 15) is 0 Å². The number of nitrogens with zero attached hydrogens (tertiary/aromatic N) is 2. The van der Waals surface area contributed by atoms with Gasteiger partial charge in [0.1, 0.15) is 0 Å². The summed E-state index contributed by atoms with van der Waals surface area (Å²) in [6, 6.07) is 10.0. The molecule has 0 spiro atoms. The monoisotopic (exact) mass is 257 g/mol. The van der Waals surface area contributed by atoms with Crippen LogP contribution in [0.4, 0.5) is 0 Å². The summed E-state index contributed by atoms with van der Waals surface area (Å²) in [5.41, 5.74) is 1.94. The van der Waals surface area contributed by atoms with Crippen molar-refractivity contribution in [3.05, 3.63) is 35.4 Å². The minimum absolute atomic E-state index is 0.745. The zero-order chi connectivity index (χ0) is 13.5. The van der Waals surface area contributed by atoms with Crippen LogP contribution in [0.25, 0.3) is 0 Å². The third kappa shape index (κ3) is 4.66. The molecule has 3 nitrogen and oxygen atoms in total. The Balaban J connectivity index is 1.65. The third-order valence-corrected chi connectivity index (χ3v) is 3.95. The van der Waals surface area contributed by atoms with Crippen LogP contribution in [0.5, 0.6) is 0 Å². The summed E-state index contributed by atoms with van der Waals surface area (Å²) in [6.45, 7) is 4.43. The molecule has 1 aliphatic heterocycles. The van der Waals surface area contributed by atoms with E-state index in [1.54, 1.807) is 0 Å². The molecule has 0 bridgehead atoms. The minimum Gasteiger partial charge on any atom is -0.313 e. The van der Waals surface area contributed by atoms with Crippen molar-refractivity contribution in [1.82, 2.24) is 10.2 Å². The highest BCUT2D eigenvalue weighted by molar-refractivity contribution is 5.32. The molecule has 0 aromatic heterocycles. The van der Waals surface area contributed by atoms with E-state index in [0.29, 0.717) is 0 Å². The van der Waals surface area contributed by atoms with Crippen molar-refractivity contribution in [1.29, 1.82) is 5.26 Å². The molecule has 1 aromatic carbocycles. The van der Waals surface area contributed by atoms with Gasteiger partial charge in [0.15, 0.2) is 0 Å². The molecule has 0 unspecified atom stereocenters. The number of nitrogens with one attached hydrogen (secondary N) is 1. The molecule has 0 saturated carbocycles. The van der Waals surface area contributed by atoms with E-state index in [0.717, 1.165) is 24.6 Å². The van der Waals surface area contributed by atoms with Gasteiger partial charge in [0.25, 0.3) is 0 Å². The van der Waals surface area contributed by atoms with Gasteiger partial charge in [-0.25, -0.2) is 0 Å². The summed E-state index contributed by atoms with van der Waals surface area (Å²) in [7, 11) is 2.21. The highest BCUT2D eigenvalue weighted by Crippen LogP contribution is 2.18. The fourth-order valence-electron chi connectivity index (χ4n) is 2.64.